The molecular formula is C22H27F3N4O3. The number of piperidine rings is 1. The van der Waals surface area contributed by atoms with Crippen LogP contribution in [0.4, 0.5) is 18.0 Å². The van der Waals surface area contributed by atoms with Crippen molar-refractivity contribution >= 4 is 12.0 Å². The summed E-state index contributed by atoms with van der Waals surface area (Å²) in [5.74, 6) is -2.19. The fourth-order valence-electron chi connectivity index (χ4n) is 3.48. The van der Waals surface area contributed by atoms with Gasteiger partial charge in [0, 0.05) is 12.1 Å². The Kier molecular flexibility index (Phi) is 6.92. The molecule has 3 rings (SSSR count). The lowest BCUT2D eigenvalue weighted by Crippen LogP contribution is -2.45. The molecule has 1 aromatic carbocycles. The number of ether oxygens (including phenoxy) is 1. The van der Waals surface area contributed by atoms with Crippen molar-refractivity contribution in [2.24, 2.45) is 5.92 Å². The van der Waals surface area contributed by atoms with Crippen LogP contribution in [0.2, 0.25) is 0 Å². The van der Waals surface area contributed by atoms with E-state index in [2.05, 4.69) is 15.3 Å². The molecule has 1 fully saturated rings. The summed E-state index contributed by atoms with van der Waals surface area (Å²) < 4.78 is 45.6. The molecule has 1 aromatic heterocycles. The number of amides is 2. The fourth-order valence-corrected chi connectivity index (χ4v) is 3.48. The third-order valence-electron chi connectivity index (χ3n) is 4.99. The van der Waals surface area contributed by atoms with Crippen LogP contribution in [0.25, 0.3) is 11.3 Å². The van der Waals surface area contributed by atoms with Crippen LogP contribution in [-0.2, 0) is 10.9 Å². The first-order valence-corrected chi connectivity index (χ1v) is 10.4. The third kappa shape index (κ3) is 5.87. The summed E-state index contributed by atoms with van der Waals surface area (Å²) in [5.41, 5.74) is -1.12. The second-order valence-electron chi connectivity index (χ2n) is 8.76. The Bertz CT molecular complexity index is 946. The Morgan fingerprint density at radius 1 is 1.12 bits per heavy atom. The lowest BCUT2D eigenvalue weighted by atomic mass is 9.97. The molecule has 7 nitrogen and oxygen atoms in total. The second-order valence-corrected chi connectivity index (χ2v) is 8.76. The molecule has 0 radical (unpaired) electrons. The SMILES string of the molecule is CC(C)(C)OC(=O)N(CC1CCNCC1)C(=O)c1[nH]c(C(F)(F)F)nc1-c1ccccc1. The molecule has 10 heteroatoms. The molecular weight excluding hydrogens is 425 g/mol. The molecule has 2 heterocycles. The number of alkyl halides is 3. The molecule has 1 saturated heterocycles. The summed E-state index contributed by atoms with van der Waals surface area (Å²) in [6.07, 6.45) is -4.22. The highest BCUT2D eigenvalue weighted by molar-refractivity contribution is 6.05. The molecule has 0 aliphatic carbocycles. The van der Waals surface area contributed by atoms with Crippen molar-refractivity contribution in [2.75, 3.05) is 19.6 Å². The normalized spacial score (nSPS) is 15.4. The third-order valence-corrected chi connectivity index (χ3v) is 4.99. The van der Waals surface area contributed by atoms with E-state index in [9.17, 15) is 22.8 Å². The molecule has 2 aromatic rings. The molecule has 0 bridgehead atoms. The number of imidazole rings is 1. The van der Waals surface area contributed by atoms with Gasteiger partial charge in [-0.3, -0.25) is 4.79 Å². The Hall–Kier alpha value is -2.88. The van der Waals surface area contributed by atoms with Gasteiger partial charge in [-0.25, -0.2) is 14.7 Å². The Labute approximate surface area is 184 Å². The topological polar surface area (TPSA) is 87.3 Å². The summed E-state index contributed by atoms with van der Waals surface area (Å²) in [6.45, 7) is 6.49. The van der Waals surface area contributed by atoms with E-state index >= 15 is 0 Å². The molecule has 0 spiro atoms. The number of hydrogen-bond acceptors (Lipinski definition) is 5. The van der Waals surface area contributed by atoms with Crippen LogP contribution in [-0.4, -0.2) is 52.1 Å². The van der Waals surface area contributed by atoms with E-state index in [-0.39, 0.29) is 18.2 Å². The molecule has 2 N–H and O–H groups in total. The average molecular weight is 452 g/mol. The Balaban J connectivity index is 2.02. The van der Waals surface area contributed by atoms with Crippen molar-refractivity contribution in [3.05, 3.63) is 41.9 Å². The van der Waals surface area contributed by atoms with Crippen molar-refractivity contribution in [3.8, 4) is 11.3 Å². The lowest BCUT2D eigenvalue weighted by molar-refractivity contribution is -0.144. The van der Waals surface area contributed by atoms with Gasteiger partial charge in [-0.1, -0.05) is 30.3 Å². The monoisotopic (exact) mass is 452 g/mol. The van der Waals surface area contributed by atoms with E-state index in [0.717, 1.165) is 30.8 Å². The van der Waals surface area contributed by atoms with Gasteiger partial charge in [-0.2, -0.15) is 13.2 Å². The smallest absolute Gasteiger partial charge is 0.443 e. The molecule has 1 aliphatic heterocycles. The Morgan fingerprint density at radius 3 is 2.31 bits per heavy atom. The van der Waals surface area contributed by atoms with Crippen molar-refractivity contribution < 1.29 is 27.5 Å². The van der Waals surface area contributed by atoms with Gasteiger partial charge in [0.25, 0.3) is 5.91 Å². The molecule has 1 aliphatic rings. The number of halogens is 3. The minimum atomic E-state index is -4.78. The first kappa shape index (κ1) is 23.8. The molecule has 2 amide bonds. The van der Waals surface area contributed by atoms with Crippen LogP contribution >= 0.6 is 0 Å². The van der Waals surface area contributed by atoms with Crippen LogP contribution in [0.5, 0.6) is 0 Å². The number of aromatic amines is 1. The number of carbonyl (C=O) groups is 2. The number of H-pyrrole nitrogens is 1. The highest BCUT2D eigenvalue weighted by atomic mass is 19.4. The van der Waals surface area contributed by atoms with Gasteiger partial charge in [-0.05, 0) is 52.6 Å². The number of hydrogen-bond donors (Lipinski definition) is 2. The summed E-state index contributed by atoms with van der Waals surface area (Å²) in [6, 6.07) is 8.07. The zero-order chi connectivity index (χ0) is 23.5. The number of carbonyl (C=O) groups excluding carboxylic acids is 2. The van der Waals surface area contributed by atoms with Gasteiger partial charge < -0.3 is 15.0 Å². The van der Waals surface area contributed by atoms with Crippen LogP contribution in [0.3, 0.4) is 0 Å². The van der Waals surface area contributed by atoms with Gasteiger partial charge in [0.1, 0.15) is 17.0 Å². The Morgan fingerprint density at radius 2 is 1.75 bits per heavy atom. The number of nitrogens with zero attached hydrogens (tertiary/aromatic N) is 2. The highest BCUT2D eigenvalue weighted by Gasteiger charge is 2.39. The minimum absolute atomic E-state index is 0.0119. The minimum Gasteiger partial charge on any atom is -0.443 e. The summed E-state index contributed by atoms with van der Waals surface area (Å²) in [7, 11) is 0. The predicted octanol–water partition coefficient (Wildman–Crippen LogP) is 4.47. The molecule has 174 valence electrons. The lowest BCUT2D eigenvalue weighted by Gasteiger charge is -2.30. The first-order valence-electron chi connectivity index (χ1n) is 10.4. The van der Waals surface area contributed by atoms with Crippen molar-refractivity contribution in [3.63, 3.8) is 0 Å². The van der Waals surface area contributed by atoms with Crippen molar-refractivity contribution in [1.29, 1.82) is 0 Å². The van der Waals surface area contributed by atoms with Gasteiger partial charge in [-0.15, -0.1) is 0 Å². The fraction of sp³-hybridized carbons (Fsp3) is 0.500. The maximum Gasteiger partial charge on any atom is 0.449 e. The van der Waals surface area contributed by atoms with E-state index < -0.39 is 35.3 Å². The maximum atomic E-state index is 13.5. The van der Waals surface area contributed by atoms with Crippen LogP contribution in [0, 0.1) is 5.92 Å². The van der Waals surface area contributed by atoms with Crippen LogP contribution in [0.1, 0.15) is 49.9 Å². The van der Waals surface area contributed by atoms with Gasteiger partial charge in [0.15, 0.2) is 0 Å². The average Bonchev–Trinajstić information content (AvgIpc) is 3.18. The predicted molar refractivity (Wildman–Crippen MR) is 112 cm³/mol. The van der Waals surface area contributed by atoms with Gasteiger partial charge >= 0.3 is 12.3 Å². The summed E-state index contributed by atoms with van der Waals surface area (Å²) in [5, 5.41) is 3.21. The van der Waals surface area contributed by atoms with Crippen LogP contribution < -0.4 is 5.32 Å². The molecule has 0 saturated carbocycles. The summed E-state index contributed by atoms with van der Waals surface area (Å²) >= 11 is 0. The number of benzene rings is 1. The number of nitrogens with one attached hydrogen (secondary N) is 2. The van der Waals surface area contributed by atoms with E-state index in [1.165, 1.54) is 0 Å². The van der Waals surface area contributed by atoms with E-state index in [1.54, 1.807) is 51.1 Å². The van der Waals surface area contributed by atoms with Crippen LogP contribution in [0.15, 0.2) is 30.3 Å². The number of rotatable bonds is 4. The van der Waals surface area contributed by atoms with E-state index in [0.29, 0.717) is 5.56 Å². The number of imide groups is 1. The largest absolute Gasteiger partial charge is 0.449 e. The maximum absolute atomic E-state index is 13.5. The highest BCUT2D eigenvalue weighted by Crippen LogP contribution is 2.32. The van der Waals surface area contributed by atoms with Crippen molar-refractivity contribution in [2.45, 2.75) is 45.4 Å². The van der Waals surface area contributed by atoms with Gasteiger partial charge in [0.2, 0.25) is 5.82 Å². The number of aromatic nitrogens is 2. The summed E-state index contributed by atoms with van der Waals surface area (Å²) in [4.78, 5) is 33.0. The van der Waals surface area contributed by atoms with E-state index in [1.807, 2.05) is 0 Å². The molecule has 0 atom stereocenters. The zero-order valence-electron chi connectivity index (χ0n) is 18.3. The van der Waals surface area contributed by atoms with E-state index in [4.69, 9.17) is 4.74 Å². The zero-order valence-corrected chi connectivity index (χ0v) is 18.3. The quantitative estimate of drug-likeness (QED) is 0.715. The van der Waals surface area contributed by atoms with Crippen molar-refractivity contribution in [1.82, 2.24) is 20.2 Å². The second kappa shape index (κ2) is 9.32. The molecule has 32 heavy (non-hydrogen) atoms. The molecule has 0 unspecified atom stereocenters. The first-order chi connectivity index (χ1) is 15.0. The van der Waals surface area contributed by atoms with Gasteiger partial charge in [0.05, 0.1) is 0 Å². The standard InChI is InChI=1S/C22H27F3N4O3/c1-21(2,3)32-20(31)29(13-14-9-11-26-12-10-14)18(30)17-16(15-7-5-4-6-8-15)27-19(28-17)22(23,24)25/h4-8,14,26H,9-13H2,1-3H3,(H,27,28).